The Hall–Kier alpha value is -0.420. The second-order valence-corrected chi connectivity index (χ2v) is 4.46. The van der Waals surface area contributed by atoms with Gasteiger partial charge in [-0.15, -0.1) is 0 Å². The molecule has 0 fully saturated rings. The van der Waals surface area contributed by atoms with Crippen molar-refractivity contribution in [2.24, 2.45) is 0 Å². The molecule has 0 aliphatic heterocycles. The maximum Gasteiger partial charge on any atom is 0.333 e. The first-order valence-corrected chi connectivity index (χ1v) is 5.10. The zero-order valence-corrected chi connectivity index (χ0v) is 8.85. The molecule has 1 aliphatic rings. The number of hydrogen-bond donors (Lipinski definition) is 1. The smallest absolute Gasteiger partial charge is 0.333 e. The number of aryl methyl sites for hydroxylation is 1. The van der Waals surface area contributed by atoms with Gasteiger partial charge in [0.1, 0.15) is 5.76 Å². The van der Waals surface area contributed by atoms with Gasteiger partial charge in [-0.1, -0.05) is 0 Å². The Morgan fingerprint density at radius 3 is 2.93 bits per heavy atom. The van der Waals surface area contributed by atoms with E-state index in [4.69, 9.17) is 4.42 Å². The molecule has 14 heavy (non-hydrogen) atoms. The van der Waals surface area contributed by atoms with Crippen LogP contribution in [0.1, 0.15) is 24.2 Å². The summed E-state index contributed by atoms with van der Waals surface area (Å²) in [6.45, 7) is 0. The van der Waals surface area contributed by atoms with Gasteiger partial charge in [0.15, 0.2) is 5.60 Å². The quantitative estimate of drug-likeness (QED) is 0.794. The van der Waals surface area contributed by atoms with E-state index in [0.29, 0.717) is 18.6 Å². The van der Waals surface area contributed by atoms with Crippen molar-refractivity contribution in [1.82, 2.24) is 0 Å². The largest absolute Gasteiger partial charge is 0.469 e. The molecule has 0 amide bonds. The fourth-order valence-corrected chi connectivity index (χ4v) is 2.25. The van der Waals surface area contributed by atoms with Crippen molar-refractivity contribution < 1.29 is 18.3 Å². The maximum atomic E-state index is 13.2. The summed E-state index contributed by atoms with van der Waals surface area (Å²) in [6.07, 6.45) is 2.48. The summed E-state index contributed by atoms with van der Waals surface area (Å²) in [6, 6.07) is 1.41. The topological polar surface area (TPSA) is 33.4 Å². The first kappa shape index (κ1) is 10.1. The maximum absolute atomic E-state index is 13.2. The summed E-state index contributed by atoms with van der Waals surface area (Å²) in [4.78, 5) is -3.32. The normalized spacial score (nSPS) is 27.4. The predicted octanol–water partition coefficient (Wildman–Crippen LogP) is 2.79. The highest BCUT2D eigenvalue weighted by Gasteiger charge is 2.54. The highest BCUT2D eigenvalue weighted by molar-refractivity contribution is 9.10. The number of aliphatic hydroxyl groups is 1. The lowest BCUT2D eigenvalue weighted by Gasteiger charge is -2.34. The Morgan fingerprint density at radius 1 is 1.57 bits per heavy atom. The first-order valence-electron chi connectivity index (χ1n) is 4.31. The second-order valence-electron chi connectivity index (χ2n) is 3.47. The number of furan rings is 1. The van der Waals surface area contributed by atoms with Crippen molar-refractivity contribution in [2.45, 2.75) is 29.7 Å². The van der Waals surface area contributed by atoms with Gasteiger partial charge in [0.2, 0.25) is 0 Å². The molecular formula is C9H9BrF2O2. The number of hydrogen-bond acceptors (Lipinski definition) is 2. The Kier molecular flexibility index (Phi) is 2.19. The van der Waals surface area contributed by atoms with Gasteiger partial charge in [-0.3, -0.25) is 0 Å². The van der Waals surface area contributed by atoms with Crippen LogP contribution in [-0.4, -0.2) is 9.94 Å². The Bertz CT molecular complexity index is 345. The average molecular weight is 267 g/mol. The Morgan fingerprint density at radius 2 is 2.29 bits per heavy atom. The first-order chi connectivity index (χ1) is 6.45. The molecule has 1 unspecified atom stereocenters. The van der Waals surface area contributed by atoms with Crippen LogP contribution in [0.2, 0.25) is 0 Å². The number of halogens is 3. The van der Waals surface area contributed by atoms with E-state index in [-0.39, 0.29) is 12.0 Å². The number of alkyl halides is 3. The third-order valence-corrected chi connectivity index (χ3v) is 3.26. The van der Waals surface area contributed by atoms with Crippen molar-refractivity contribution in [3.8, 4) is 0 Å². The van der Waals surface area contributed by atoms with Gasteiger partial charge in [0.25, 0.3) is 0 Å². The van der Waals surface area contributed by atoms with E-state index in [1.165, 1.54) is 12.3 Å². The molecule has 1 aromatic heterocycles. The molecule has 5 heteroatoms. The van der Waals surface area contributed by atoms with Crippen LogP contribution in [0.4, 0.5) is 8.78 Å². The van der Waals surface area contributed by atoms with Crippen LogP contribution in [0.25, 0.3) is 0 Å². The summed E-state index contributed by atoms with van der Waals surface area (Å²) in [7, 11) is 0. The van der Waals surface area contributed by atoms with Crippen molar-refractivity contribution in [3.63, 3.8) is 0 Å². The molecule has 78 valence electrons. The molecule has 0 bridgehead atoms. The number of fused-ring (bicyclic) bond motifs is 1. The third kappa shape index (κ3) is 1.30. The minimum atomic E-state index is -3.32. The van der Waals surface area contributed by atoms with Crippen LogP contribution in [0.5, 0.6) is 0 Å². The fourth-order valence-electron chi connectivity index (χ4n) is 1.84. The number of rotatable bonds is 1. The summed E-state index contributed by atoms with van der Waals surface area (Å²) < 4.78 is 31.4. The third-order valence-electron chi connectivity index (χ3n) is 2.60. The molecule has 0 aromatic carbocycles. The lowest BCUT2D eigenvalue weighted by atomic mass is 9.83. The molecule has 1 aromatic rings. The van der Waals surface area contributed by atoms with Gasteiger partial charge in [-0.05, 0) is 34.8 Å². The minimum Gasteiger partial charge on any atom is -0.469 e. The van der Waals surface area contributed by atoms with E-state index >= 15 is 0 Å². The minimum absolute atomic E-state index is 0.0395. The standard InChI is InChI=1S/C9H9BrF2O2/c10-9(11,12)8(13)4-1-2-7-6(8)3-5-14-7/h3,5,13H,1-2,4H2. The van der Waals surface area contributed by atoms with Crippen LogP contribution in [0.15, 0.2) is 16.7 Å². The fraction of sp³-hybridized carbons (Fsp3) is 0.556. The zero-order chi connectivity index (χ0) is 10.4. The van der Waals surface area contributed by atoms with Gasteiger partial charge in [-0.2, -0.15) is 8.78 Å². The molecular weight excluding hydrogens is 258 g/mol. The lowest BCUT2D eigenvalue weighted by Crippen LogP contribution is -2.43. The molecule has 0 saturated carbocycles. The van der Waals surface area contributed by atoms with E-state index < -0.39 is 10.4 Å². The van der Waals surface area contributed by atoms with E-state index in [1.807, 2.05) is 0 Å². The van der Waals surface area contributed by atoms with E-state index in [2.05, 4.69) is 15.9 Å². The molecule has 1 heterocycles. The summed E-state index contributed by atoms with van der Waals surface area (Å²) in [5, 5.41) is 9.89. The molecule has 1 aliphatic carbocycles. The summed E-state index contributed by atoms with van der Waals surface area (Å²) >= 11 is 2.23. The van der Waals surface area contributed by atoms with Crippen molar-refractivity contribution in [2.75, 3.05) is 0 Å². The van der Waals surface area contributed by atoms with Crippen LogP contribution in [-0.2, 0) is 12.0 Å². The van der Waals surface area contributed by atoms with Crippen LogP contribution in [0.3, 0.4) is 0 Å². The van der Waals surface area contributed by atoms with E-state index in [1.54, 1.807) is 0 Å². The van der Waals surface area contributed by atoms with Gasteiger partial charge in [0, 0.05) is 12.0 Å². The van der Waals surface area contributed by atoms with Crippen LogP contribution < -0.4 is 0 Å². The zero-order valence-electron chi connectivity index (χ0n) is 7.27. The molecule has 0 spiro atoms. The molecule has 1 atom stereocenters. The van der Waals surface area contributed by atoms with Crippen molar-refractivity contribution in [1.29, 1.82) is 0 Å². The molecule has 2 nitrogen and oxygen atoms in total. The van der Waals surface area contributed by atoms with Gasteiger partial charge in [0.05, 0.1) is 6.26 Å². The average Bonchev–Trinajstić information content (AvgIpc) is 2.51. The van der Waals surface area contributed by atoms with E-state index in [0.717, 1.165) is 0 Å². The molecule has 2 rings (SSSR count). The molecule has 0 saturated heterocycles. The van der Waals surface area contributed by atoms with Crippen molar-refractivity contribution >= 4 is 15.9 Å². The van der Waals surface area contributed by atoms with E-state index in [9.17, 15) is 13.9 Å². The SMILES string of the molecule is OC1(C(F)(F)Br)CCCc2occc21. The highest BCUT2D eigenvalue weighted by atomic mass is 79.9. The van der Waals surface area contributed by atoms with Crippen molar-refractivity contribution in [3.05, 3.63) is 23.7 Å². The van der Waals surface area contributed by atoms with Gasteiger partial charge < -0.3 is 9.52 Å². The lowest BCUT2D eigenvalue weighted by molar-refractivity contribution is -0.132. The monoisotopic (exact) mass is 266 g/mol. The predicted molar refractivity (Wildman–Crippen MR) is 49.4 cm³/mol. The second kappa shape index (κ2) is 3.03. The summed E-state index contributed by atoms with van der Waals surface area (Å²) in [5.74, 6) is 0.456. The molecule has 0 radical (unpaired) electrons. The Balaban J connectivity index is 2.50. The van der Waals surface area contributed by atoms with Crippen LogP contribution in [0, 0.1) is 0 Å². The highest BCUT2D eigenvalue weighted by Crippen LogP contribution is 2.49. The van der Waals surface area contributed by atoms with Gasteiger partial charge in [-0.25, -0.2) is 0 Å². The molecule has 1 N–H and O–H groups in total. The summed E-state index contributed by atoms with van der Waals surface area (Å²) in [5.41, 5.74) is -1.93. The van der Waals surface area contributed by atoms with Gasteiger partial charge >= 0.3 is 4.83 Å². The van der Waals surface area contributed by atoms with Crippen LogP contribution >= 0.6 is 15.9 Å². The Labute approximate surface area is 88.0 Å².